The minimum Gasteiger partial charge on any atom is -0.394 e. The molecule has 0 aliphatic carbocycles. The minimum atomic E-state index is -0.285. The molecule has 0 aliphatic heterocycles. The van der Waals surface area contributed by atoms with Crippen molar-refractivity contribution in [2.24, 2.45) is 5.73 Å². The van der Waals surface area contributed by atoms with Crippen molar-refractivity contribution in [1.29, 1.82) is 0 Å². The van der Waals surface area contributed by atoms with E-state index < -0.39 is 0 Å². The van der Waals surface area contributed by atoms with E-state index in [1.807, 2.05) is 39.1 Å². The summed E-state index contributed by atoms with van der Waals surface area (Å²) in [5.41, 5.74) is 7.48. The first-order valence-corrected chi connectivity index (χ1v) is 6.04. The van der Waals surface area contributed by atoms with Crippen LogP contribution in [-0.4, -0.2) is 24.3 Å². The first-order valence-electron chi connectivity index (χ1n) is 5.25. The molecule has 0 aliphatic rings. The Bertz CT molecular complexity index is 366. The molecule has 3 N–H and O–H groups in total. The second-order valence-electron chi connectivity index (χ2n) is 4.55. The van der Waals surface area contributed by atoms with Crippen LogP contribution in [0.3, 0.4) is 0 Å². The fraction of sp³-hybridized carbons (Fsp3) is 0.500. The summed E-state index contributed by atoms with van der Waals surface area (Å²) in [4.78, 5) is 2.05. The van der Waals surface area contributed by atoms with Crippen molar-refractivity contribution in [2.45, 2.75) is 25.9 Å². The minimum absolute atomic E-state index is 0.105. The standard InChI is InChI=1S/C12H19BrN2O/c1-12(2,8-16)15(3)11-5-9(7-14)4-10(13)6-11/h4-6,16H,7-8,14H2,1-3H3. The van der Waals surface area contributed by atoms with Gasteiger partial charge in [0.25, 0.3) is 0 Å². The number of anilines is 1. The lowest BCUT2D eigenvalue weighted by Crippen LogP contribution is -2.44. The molecule has 1 aromatic carbocycles. The van der Waals surface area contributed by atoms with Gasteiger partial charge in [0, 0.05) is 23.8 Å². The Balaban J connectivity index is 3.08. The molecule has 0 saturated heterocycles. The number of aliphatic hydroxyl groups excluding tert-OH is 1. The van der Waals surface area contributed by atoms with Crippen molar-refractivity contribution in [3.8, 4) is 0 Å². The molecule has 4 heteroatoms. The summed E-state index contributed by atoms with van der Waals surface area (Å²) in [6.45, 7) is 4.61. The molecule has 0 amide bonds. The Kier molecular flexibility index (Phi) is 4.35. The lowest BCUT2D eigenvalue weighted by molar-refractivity contribution is 0.216. The third kappa shape index (κ3) is 2.97. The molecule has 1 aromatic rings. The first-order chi connectivity index (χ1) is 7.40. The number of halogens is 1. The summed E-state index contributed by atoms with van der Waals surface area (Å²) < 4.78 is 1.01. The van der Waals surface area contributed by atoms with Gasteiger partial charge in [0.05, 0.1) is 12.1 Å². The highest BCUT2D eigenvalue weighted by atomic mass is 79.9. The van der Waals surface area contributed by atoms with Crippen LogP contribution in [0.4, 0.5) is 5.69 Å². The van der Waals surface area contributed by atoms with Gasteiger partial charge in [-0.3, -0.25) is 0 Å². The normalized spacial score (nSPS) is 11.6. The van der Waals surface area contributed by atoms with Crippen molar-refractivity contribution in [3.05, 3.63) is 28.2 Å². The van der Waals surface area contributed by atoms with Gasteiger partial charge >= 0.3 is 0 Å². The van der Waals surface area contributed by atoms with E-state index in [1.54, 1.807) is 0 Å². The number of hydrogen-bond donors (Lipinski definition) is 2. The molecule has 16 heavy (non-hydrogen) atoms. The monoisotopic (exact) mass is 286 g/mol. The Morgan fingerprint density at radius 1 is 1.38 bits per heavy atom. The summed E-state index contributed by atoms with van der Waals surface area (Å²) in [5.74, 6) is 0. The van der Waals surface area contributed by atoms with E-state index in [1.165, 1.54) is 0 Å². The van der Waals surface area contributed by atoms with Crippen LogP contribution in [0.15, 0.2) is 22.7 Å². The van der Waals surface area contributed by atoms with Gasteiger partial charge in [0.1, 0.15) is 0 Å². The van der Waals surface area contributed by atoms with Gasteiger partial charge in [0.2, 0.25) is 0 Å². The zero-order valence-electron chi connectivity index (χ0n) is 10.00. The van der Waals surface area contributed by atoms with Gasteiger partial charge in [-0.2, -0.15) is 0 Å². The Labute approximate surface area is 105 Å². The molecule has 0 unspecified atom stereocenters. The van der Waals surface area contributed by atoms with Crippen molar-refractivity contribution < 1.29 is 5.11 Å². The van der Waals surface area contributed by atoms with Gasteiger partial charge in [-0.1, -0.05) is 15.9 Å². The van der Waals surface area contributed by atoms with Crippen molar-refractivity contribution in [1.82, 2.24) is 0 Å². The van der Waals surface area contributed by atoms with E-state index in [0.29, 0.717) is 6.54 Å². The molecule has 90 valence electrons. The summed E-state index contributed by atoms with van der Waals surface area (Å²) in [6, 6.07) is 6.07. The van der Waals surface area contributed by atoms with Crippen LogP contribution in [-0.2, 0) is 6.54 Å². The topological polar surface area (TPSA) is 49.5 Å². The van der Waals surface area contributed by atoms with Crippen LogP contribution in [0.1, 0.15) is 19.4 Å². The van der Waals surface area contributed by atoms with Crippen LogP contribution in [0.2, 0.25) is 0 Å². The number of hydrogen-bond acceptors (Lipinski definition) is 3. The molecule has 0 radical (unpaired) electrons. The smallest absolute Gasteiger partial charge is 0.0658 e. The average Bonchev–Trinajstić information content (AvgIpc) is 2.27. The van der Waals surface area contributed by atoms with Crippen LogP contribution >= 0.6 is 15.9 Å². The molecule has 0 spiro atoms. The van der Waals surface area contributed by atoms with Crippen LogP contribution in [0.5, 0.6) is 0 Å². The van der Waals surface area contributed by atoms with E-state index >= 15 is 0 Å². The number of aliphatic hydroxyl groups is 1. The third-order valence-electron chi connectivity index (χ3n) is 2.86. The van der Waals surface area contributed by atoms with Gasteiger partial charge in [-0.25, -0.2) is 0 Å². The molecule has 0 saturated carbocycles. The van der Waals surface area contributed by atoms with Crippen LogP contribution in [0.25, 0.3) is 0 Å². The summed E-state index contributed by atoms with van der Waals surface area (Å²) >= 11 is 3.47. The molecule has 0 fully saturated rings. The highest BCUT2D eigenvalue weighted by Gasteiger charge is 2.23. The third-order valence-corrected chi connectivity index (χ3v) is 3.32. The predicted molar refractivity (Wildman–Crippen MR) is 71.6 cm³/mol. The van der Waals surface area contributed by atoms with Crippen molar-refractivity contribution >= 4 is 21.6 Å². The summed E-state index contributed by atoms with van der Waals surface area (Å²) in [5, 5.41) is 9.34. The van der Waals surface area contributed by atoms with Crippen LogP contribution in [0, 0.1) is 0 Å². The number of likely N-dealkylation sites (N-methyl/N-ethyl adjacent to an activating group) is 1. The van der Waals surface area contributed by atoms with Crippen LogP contribution < -0.4 is 10.6 Å². The van der Waals surface area contributed by atoms with Gasteiger partial charge in [0.15, 0.2) is 0 Å². The van der Waals surface area contributed by atoms with Gasteiger partial charge < -0.3 is 15.7 Å². The van der Waals surface area contributed by atoms with E-state index in [-0.39, 0.29) is 12.1 Å². The Morgan fingerprint density at radius 3 is 2.50 bits per heavy atom. The molecule has 0 atom stereocenters. The lowest BCUT2D eigenvalue weighted by Gasteiger charge is -2.36. The fourth-order valence-corrected chi connectivity index (χ4v) is 1.93. The summed E-state index contributed by atoms with van der Waals surface area (Å²) in [7, 11) is 1.97. The maximum absolute atomic E-state index is 9.34. The van der Waals surface area contributed by atoms with E-state index in [9.17, 15) is 5.11 Å². The molecule has 3 nitrogen and oxygen atoms in total. The number of nitrogens with two attached hydrogens (primary N) is 1. The predicted octanol–water partition coefficient (Wildman–Crippen LogP) is 2.11. The molecular formula is C12H19BrN2O. The molecule has 0 aromatic heterocycles. The molecule has 0 heterocycles. The number of rotatable bonds is 4. The van der Waals surface area contributed by atoms with Gasteiger partial charge in [-0.15, -0.1) is 0 Å². The zero-order chi connectivity index (χ0) is 12.3. The van der Waals surface area contributed by atoms with Crippen molar-refractivity contribution in [2.75, 3.05) is 18.6 Å². The molecular weight excluding hydrogens is 268 g/mol. The Morgan fingerprint density at radius 2 is 2.00 bits per heavy atom. The largest absolute Gasteiger partial charge is 0.394 e. The number of nitrogens with zero attached hydrogens (tertiary/aromatic N) is 1. The molecule has 1 rings (SSSR count). The highest BCUT2D eigenvalue weighted by Crippen LogP contribution is 2.26. The summed E-state index contributed by atoms with van der Waals surface area (Å²) in [6.07, 6.45) is 0. The zero-order valence-corrected chi connectivity index (χ0v) is 11.6. The maximum Gasteiger partial charge on any atom is 0.0658 e. The average molecular weight is 287 g/mol. The van der Waals surface area contributed by atoms with E-state index in [2.05, 4.69) is 20.8 Å². The first kappa shape index (κ1) is 13.5. The Hall–Kier alpha value is -0.580. The van der Waals surface area contributed by atoms with E-state index in [4.69, 9.17) is 5.73 Å². The highest BCUT2D eigenvalue weighted by molar-refractivity contribution is 9.10. The fourth-order valence-electron chi connectivity index (χ4n) is 1.40. The SMILES string of the molecule is CN(c1cc(Br)cc(CN)c1)C(C)(C)CO. The van der Waals surface area contributed by atoms with Crippen molar-refractivity contribution in [3.63, 3.8) is 0 Å². The maximum atomic E-state index is 9.34. The second kappa shape index (κ2) is 5.17. The lowest BCUT2D eigenvalue weighted by atomic mass is 10.0. The molecule has 0 bridgehead atoms. The van der Waals surface area contributed by atoms with Gasteiger partial charge in [-0.05, 0) is 37.6 Å². The quantitative estimate of drug-likeness (QED) is 0.891. The van der Waals surface area contributed by atoms with E-state index in [0.717, 1.165) is 15.7 Å². The number of benzene rings is 1. The second-order valence-corrected chi connectivity index (χ2v) is 5.47.